The van der Waals surface area contributed by atoms with Crippen LogP contribution in [-0.4, -0.2) is 31.9 Å². The molecule has 2 nitrogen and oxygen atoms in total. The number of thioether (sulfide) groups is 1. The van der Waals surface area contributed by atoms with Gasteiger partial charge in [-0.15, -0.1) is 0 Å². The fraction of sp³-hybridized carbons (Fsp3) is 0.833. The van der Waals surface area contributed by atoms with Crippen LogP contribution in [-0.2, 0) is 0 Å². The van der Waals surface area contributed by atoms with Crippen LogP contribution in [0.15, 0.2) is 0 Å². The highest BCUT2D eigenvalue weighted by Crippen LogP contribution is 2.02. The van der Waals surface area contributed by atoms with Crippen molar-refractivity contribution in [2.24, 2.45) is 0 Å². The number of rotatable bonds is 0. The second-order valence-electron chi connectivity index (χ2n) is 1.99. The molecular formula is C6H13N2S. The maximum Gasteiger partial charge on any atom is 0.0304 e. The van der Waals surface area contributed by atoms with Gasteiger partial charge < -0.3 is 10.6 Å². The van der Waals surface area contributed by atoms with E-state index in [9.17, 15) is 0 Å². The SMILES string of the molecule is [CH]1CNCCNCCS1. The predicted octanol–water partition coefficient (Wildman–Crippen LogP) is 0.0742. The van der Waals surface area contributed by atoms with Gasteiger partial charge in [0.1, 0.15) is 0 Å². The maximum atomic E-state index is 3.32. The van der Waals surface area contributed by atoms with Crippen LogP contribution in [0.25, 0.3) is 0 Å². The zero-order valence-electron chi connectivity index (χ0n) is 5.52. The lowest BCUT2D eigenvalue weighted by Gasteiger charge is -1.99. The molecule has 1 radical (unpaired) electrons. The summed E-state index contributed by atoms with van der Waals surface area (Å²) in [4.78, 5) is 0. The Balaban J connectivity index is 2.02. The van der Waals surface area contributed by atoms with E-state index in [1.807, 2.05) is 11.8 Å². The van der Waals surface area contributed by atoms with Crippen LogP contribution in [0.3, 0.4) is 0 Å². The monoisotopic (exact) mass is 145 g/mol. The van der Waals surface area contributed by atoms with Crippen molar-refractivity contribution in [1.82, 2.24) is 10.6 Å². The predicted molar refractivity (Wildman–Crippen MR) is 42.5 cm³/mol. The summed E-state index contributed by atoms with van der Waals surface area (Å²) in [6, 6.07) is 0. The molecule has 0 spiro atoms. The zero-order valence-corrected chi connectivity index (χ0v) is 6.34. The van der Waals surface area contributed by atoms with Crippen molar-refractivity contribution in [1.29, 1.82) is 0 Å². The number of hydrogen-bond donors (Lipinski definition) is 2. The molecule has 0 aromatic rings. The highest BCUT2D eigenvalue weighted by atomic mass is 32.2. The van der Waals surface area contributed by atoms with E-state index in [2.05, 4.69) is 16.4 Å². The summed E-state index contributed by atoms with van der Waals surface area (Å²) < 4.78 is 0. The molecule has 0 aromatic heterocycles. The van der Waals surface area contributed by atoms with Gasteiger partial charge in [0, 0.05) is 37.7 Å². The molecule has 1 rings (SSSR count). The van der Waals surface area contributed by atoms with Crippen molar-refractivity contribution in [2.75, 3.05) is 31.9 Å². The van der Waals surface area contributed by atoms with E-state index in [1.165, 1.54) is 5.75 Å². The third-order valence-corrected chi connectivity index (χ3v) is 2.06. The van der Waals surface area contributed by atoms with Crippen LogP contribution in [0.1, 0.15) is 0 Å². The molecule has 2 N–H and O–H groups in total. The van der Waals surface area contributed by atoms with Crippen molar-refractivity contribution in [3.63, 3.8) is 0 Å². The van der Waals surface area contributed by atoms with Gasteiger partial charge in [0.05, 0.1) is 0 Å². The molecule has 1 aliphatic rings. The highest BCUT2D eigenvalue weighted by molar-refractivity contribution is 8.01. The minimum atomic E-state index is 1.05. The van der Waals surface area contributed by atoms with E-state index in [-0.39, 0.29) is 0 Å². The molecule has 0 aromatic carbocycles. The van der Waals surface area contributed by atoms with Gasteiger partial charge in [-0.2, -0.15) is 11.8 Å². The Morgan fingerprint density at radius 1 is 1.11 bits per heavy atom. The first-order valence-corrected chi connectivity index (χ1v) is 4.40. The van der Waals surface area contributed by atoms with Crippen molar-refractivity contribution in [2.45, 2.75) is 0 Å². The first-order chi connectivity index (χ1) is 4.50. The first-order valence-electron chi connectivity index (χ1n) is 3.35. The zero-order chi connectivity index (χ0) is 6.36. The van der Waals surface area contributed by atoms with Gasteiger partial charge >= 0.3 is 0 Å². The summed E-state index contributed by atoms with van der Waals surface area (Å²) >= 11 is 1.89. The van der Waals surface area contributed by atoms with Crippen LogP contribution >= 0.6 is 11.8 Å². The molecule has 9 heavy (non-hydrogen) atoms. The van der Waals surface area contributed by atoms with Crippen molar-refractivity contribution in [3.05, 3.63) is 5.75 Å². The van der Waals surface area contributed by atoms with Crippen molar-refractivity contribution >= 4 is 11.8 Å². The molecule has 1 fully saturated rings. The van der Waals surface area contributed by atoms with Gasteiger partial charge in [0.15, 0.2) is 0 Å². The smallest absolute Gasteiger partial charge is 0.0304 e. The standard InChI is InChI=1S/C6H13N2S/c1-2-8-4-6-9-5-3-7-1/h5,7-8H,1-4,6H2. The van der Waals surface area contributed by atoms with Gasteiger partial charge in [0.25, 0.3) is 0 Å². The molecule has 3 heteroatoms. The average molecular weight is 145 g/mol. The Morgan fingerprint density at radius 3 is 3.00 bits per heavy atom. The molecular weight excluding hydrogens is 132 g/mol. The third-order valence-electron chi connectivity index (χ3n) is 1.22. The summed E-state index contributed by atoms with van der Waals surface area (Å²) in [5.74, 6) is 3.44. The minimum Gasteiger partial charge on any atom is -0.315 e. The molecule has 0 saturated carbocycles. The third kappa shape index (κ3) is 3.78. The first kappa shape index (κ1) is 7.38. The quantitative estimate of drug-likeness (QED) is 0.504. The molecule has 0 unspecified atom stereocenters. The number of nitrogens with one attached hydrogen (secondary N) is 2. The largest absolute Gasteiger partial charge is 0.315 e. The van der Waals surface area contributed by atoms with E-state index < -0.39 is 0 Å². The summed E-state index contributed by atoms with van der Waals surface area (Å²) in [6.07, 6.45) is 0. The van der Waals surface area contributed by atoms with E-state index in [1.54, 1.807) is 0 Å². The molecule has 0 amide bonds. The van der Waals surface area contributed by atoms with Crippen molar-refractivity contribution in [3.8, 4) is 0 Å². The van der Waals surface area contributed by atoms with E-state index >= 15 is 0 Å². The van der Waals surface area contributed by atoms with Gasteiger partial charge in [-0.25, -0.2) is 0 Å². The Labute approximate surface area is 60.8 Å². The second kappa shape index (κ2) is 5.09. The van der Waals surface area contributed by atoms with Crippen molar-refractivity contribution < 1.29 is 0 Å². The average Bonchev–Trinajstić information content (AvgIpc) is 2.00. The summed E-state index contributed by atoms with van der Waals surface area (Å²) in [5, 5.41) is 6.61. The van der Waals surface area contributed by atoms with E-state index in [4.69, 9.17) is 0 Å². The lowest BCUT2D eigenvalue weighted by atomic mass is 10.6. The normalized spacial score (nSPS) is 24.0. The topological polar surface area (TPSA) is 24.1 Å². The molecule has 1 saturated heterocycles. The maximum absolute atomic E-state index is 3.32. The molecule has 1 aliphatic heterocycles. The Hall–Kier alpha value is 0.270. The molecule has 53 valence electrons. The fourth-order valence-electron chi connectivity index (χ4n) is 0.736. The highest BCUT2D eigenvalue weighted by Gasteiger charge is 1.93. The van der Waals surface area contributed by atoms with Crippen LogP contribution in [0.2, 0.25) is 0 Å². The van der Waals surface area contributed by atoms with E-state index in [0.29, 0.717) is 0 Å². The van der Waals surface area contributed by atoms with Crippen LogP contribution < -0.4 is 10.6 Å². The summed E-state index contributed by atoms with van der Waals surface area (Å²) in [7, 11) is 0. The Kier molecular flexibility index (Phi) is 4.17. The van der Waals surface area contributed by atoms with Gasteiger partial charge in [-0.05, 0) is 0 Å². The minimum absolute atomic E-state index is 1.05. The Morgan fingerprint density at radius 2 is 2.00 bits per heavy atom. The molecule has 0 atom stereocenters. The molecule has 1 heterocycles. The van der Waals surface area contributed by atoms with Gasteiger partial charge in [-0.1, -0.05) is 0 Å². The lowest BCUT2D eigenvalue weighted by Crippen LogP contribution is -2.27. The van der Waals surface area contributed by atoms with Crippen LogP contribution in [0.5, 0.6) is 0 Å². The summed E-state index contributed by atoms with van der Waals surface area (Å²) in [6.45, 7) is 4.39. The van der Waals surface area contributed by atoms with Crippen LogP contribution in [0, 0.1) is 5.75 Å². The fourth-order valence-corrected chi connectivity index (χ4v) is 1.40. The summed E-state index contributed by atoms with van der Waals surface area (Å²) in [5.41, 5.74) is 0. The van der Waals surface area contributed by atoms with Gasteiger partial charge in [-0.3, -0.25) is 0 Å². The molecule has 0 bridgehead atoms. The van der Waals surface area contributed by atoms with Gasteiger partial charge in [0.2, 0.25) is 0 Å². The molecule has 0 aliphatic carbocycles. The van der Waals surface area contributed by atoms with E-state index in [0.717, 1.165) is 26.2 Å². The van der Waals surface area contributed by atoms with Crippen LogP contribution in [0.4, 0.5) is 0 Å². The Bertz CT molecular complexity index is 39.5. The second-order valence-corrected chi connectivity index (χ2v) is 3.07. The lowest BCUT2D eigenvalue weighted by molar-refractivity contribution is 0.658. The number of hydrogen-bond acceptors (Lipinski definition) is 3.